The van der Waals surface area contributed by atoms with Crippen LogP contribution in [0.1, 0.15) is 19.3 Å². The summed E-state index contributed by atoms with van der Waals surface area (Å²) in [7, 11) is -3.69. The second kappa shape index (κ2) is 11.0. The molecule has 0 spiro atoms. The average Bonchev–Trinajstić information content (AvgIpc) is 3.01. The van der Waals surface area contributed by atoms with Crippen molar-refractivity contribution in [3.05, 3.63) is 24.3 Å². The first kappa shape index (κ1) is 23.0. The van der Waals surface area contributed by atoms with Crippen molar-refractivity contribution in [2.45, 2.75) is 30.2 Å². The summed E-state index contributed by atoms with van der Waals surface area (Å²) in [5.74, 6) is 2.05. The van der Waals surface area contributed by atoms with Crippen molar-refractivity contribution in [3.63, 3.8) is 0 Å². The molecule has 5 N–H and O–H groups in total. The predicted octanol–water partition coefficient (Wildman–Crippen LogP) is 1.11. The molecule has 7 nitrogen and oxygen atoms in total. The number of amides is 1. The van der Waals surface area contributed by atoms with E-state index in [0.717, 1.165) is 19.3 Å². The van der Waals surface area contributed by atoms with Gasteiger partial charge in [-0.1, -0.05) is 6.42 Å². The number of carbonyl (C=O) groups is 1. The standard InChI is InChI=1S/C16H25N3O4S2.ClH/c17-10-12-2-1-3-15(12)19-16(20)11-24-9-8-23-13-4-6-14(7-5-13)25(18,21)22;/h4-7,12,15H,1-3,8-11,17H2,(H,19,20)(H2,18,21,22);1H. The maximum Gasteiger partial charge on any atom is 0.238 e. The normalized spacial score (nSPS) is 19.6. The smallest absolute Gasteiger partial charge is 0.238 e. The fourth-order valence-corrected chi connectivity index (χ4v) is 4.00. The first-order chi connectivity index (χ1) is 11.9. The molecule has 10 heteroatoms. The fourth-order valence-electron chi connectivity index (χ4n) is 2.87. The van der Waals surface area contributed by atoms with Crippen molar-refractivity contribution in [1.82, 2.24) is 5.32 Å². The molecule has 2 atom stereocenters. The molecule has 1 saturated carbocycles. The van der Waals surface area contributed by atoms with Crippen LogP contribution in [0.3, 0.4) is 0 Å². The number of hydrogen-bond acceptors (Lipinski definition) is 6. The third kappa shape index (κ3) is 7.32. The lowest BCUT2D eigenvalue weighted by molar-refractivity contribution is -0.119. The van der Waals surface area contributed by atoms with Crippen LogP contribution in [0.5, 0.6) is 5.75 Å². The maximum atomic E-state index is 11.9. The molecule has 0 aromatic heterocycles. The molecule has 1 fully saturated rings. The molecule has 1 aromatic rings. The Hall–Kier alpha value is -1.00. The minimum absolute atomic E-state index is 0. The number of primary sulfonamides is 1. The van der Waals surface area contributed by atoms with E-state index in [1.54, 1.807) is 12.1 Å². The van der Waals surface area contributed by atoms with Crippen LogP contribution in [-0.4, -0.2) is 45.0 Å². The fraction of sp³-hybridized carbons (Fsp3) is 0.562. The Bertz CT molecular complexity index is 671. The number of nitrogens with one attached hydrogen (secondary N) is 1. The van der Waals surface area contributed by atoms with E-state index in [2.05, 4.69) is 5.32 Å². The lowest BCUT2D eigenvalue weighted by Gasteiger charge is -2.19. The summed E-state index contributed by atoms with van der Waals surface area (Å²) in [4.78, 5) is 12.0. The van der Waals surface area contributed by atoms with E-state index in [0.29, 0.717) is 36.3 Å². The minimum Gasteiger partial charge on any atom is -0.493 e. The Morgan fingerprint density at radius 2 is 1.96 bits per heavy atom. The molecule has 2 unspecified atom stereocenters. The molecule has 148 valence electrons. The number of nitrogens with two attached hydrogens (primary N) is 2. The molecule has 0 heterocycles. The van der Waals surface area contributed by atoms with Crippen molar-refractivity contribution < 1.29 is 17.9 Å². The SMILES string of the molecule is Cl.NCC1CCCC1NC(=O)CSCCOc1ccc(S(N)(=O)=O)cc1. The zero-order valence-corrected chi connectivity index (χ0v) is 16.9. The lowest BCUT2D eigenvalue weighted by atomic mass is 10.0. The molecular weight excluding hydrogens is 398 g/mol. The van der Waals surface area contributed by atoms with Crippen LogP contribution in [0, 0.1) is 5.92 Å². The van der Waals surface area contributed by atoms with Crippen molar-refractivity contribution in [2.75, 3.05) is 24.7 Å². The van der Waals surface area contributed by atoms with Gasteiger partial charge in [-0.2, -0.15) is 0 Å². The van der Waals surface area contributed by atoms with Gasteiger partial charge in [0.05, 0.1) is 17.3 Å². The number of rotatable bonds is 9. The number of hydrogen-bond donors (Lipinski definition) is 3. The number of sulfonamides is 1. The van der Waals surface area contributed by atoms with Crippen LogP contribution in [0.15, 0.2) is 29.2 Å². The molecule has 0 aliphatic heterocycles. The Kier molecular flexibility index (Phi) is 9.73. The van der Waals surface area contributed by atoms with E-state index in [9.17, 15) is 13.2 Å². The third-order valence-electron chi connectivity index (χ3n) is 4.19. The Morgan fingerprint density at radius 3 is 2.58 bits per heavy atom. The second-order valence-electron chi connectivity index (χ2n) is 6.02. The van der Waals surface area contributed by atoms with E-state index in [4.69, 9.17) is 15.6 Å². The number of benzene rings is 1. The molecule has 1 aliphatic carbocycles. The topological polar surface area (TPSA) is 125 Å². The largest absolute Gasteiger partial charge is 0.493 e. The van der Waals surface area contributed by atoms with Gasteiger partial charge in [0.15, 0.2) is 0 Å². The van der Waals surface area contributed by atoms with E-state index in [1.165, 1.54) is 23.9 Å². The van der Waals surface area contributed by atoms with Crippen LogP contribution in [0.2, 0.25) is 0 Å². The highest BCUT2D eigenvalue weighted by Crippen LogP contribution is 2.24. The monoisotopic (exact) mass is 423 g/mol. The van der Waals surface area contributed by atoms with Crippen LogP contribution >= 0.6 is 24.2 Å². The molecule has 0 saturated heterocycles. The molecule has 0 bridgehead atoms. The van der Waals surface area contributed by atoms with Crippen LogP contribution in [0.25, 0.3) is 0 Å². The van der Waals surface area contributed by atoms with Crippen molar-refractivity contribution in [2.24, 2.45) is 16.8 Å². The van der Waals surface area contributed by atoms with Crippen LogP contribution in [0.4, 0.5) is 0 Å². The van der Waals surface area contributed by atoms with Gasteiger partial charge in [0.1, 0.15) is 5.75 Å². The number of halogens is 1. The van der Waals surface area contributed by atoms with E-state index < -0.39 is 10.0 Å². The number of carbonyl (C=O) groups excluding carboxylic acids is 1. The molecule has 2 rings (SSSR count). The summed E-state index contributed by atoms with van der Waals surface area (Å²) >= 11 is 1.50. The predicted molar refractivity (Wildman–Crippen MR) is 106 cm³/mol. The third-order valence-corrected chi connectivity index (χ3v) is 6.04. The molecule has 26 heavy (non-hydrogen) atoms. The second-order valence-corrected chi connectivity index (χ2v) is 8.68. The summed E-state index contributed by atoms with van der Waals surface area (Å²) in [6.45, 7) is 1.05. The minimum atomic E-state index is -3.69. The van der Waals surface area contributed by atoms with E-state index in [-0.39, 0.29) is 29.3 Å². The average molecular weight is 424 g/mol. The number of ether oxygens (including phenoxy) is 1. The highest BCUT2D eigenvalue weighted by atomic mass is 35.5. The maximum absolute atomic E-state index is 11.9. The van der Waals surface area contributed by atoms with Crippen molar-refractivity contribution in [1.29, 1.82) is 0 Å². The van der Waals surface area contributed by atoms with E-state index in [1.807, 2.05) is 0 Å². The Morgan fingerprint density at radius 1 is 1.27 bits per heavy atom. The highest BCUT2D eigenvalue weighted by molar-refractivity contribution is 7.99. The van der Waals surface area contributed by atoms with Gasteiger partial charge in [0.2, 0.25) is 15.9 Å². The summed E-state index contributed by atoms with van der Waals surface area (Å²) in [6.07, 6.45) is 3.22. The van der Waals surface area contributed by atoms with Gasteiger partial charge >= 0.3 is 0 Å². The summed E-state index contributed by atoms with van der Waals surface area (Å²) < 4.78 is 27.8. The zero-order chi connectivity index (χ0) is 18.3. The quantitative estimate of drug-likeness (QED) is 0.511. The molecule has 1 aromatic carbocycles. The van der Waals surface area contributed by atoms with Crippen LogP contribution < -0.4 is 20.9 Å². The van der Waals surface area contributed by atoms with Crippen molar-refractivity contribution >= 4 is 40.1 Å². The first-order valence-corrected chi connectivity index (χ1v) is 10.9. The van der Waals surface area contributed by atoms with Gasteiger partial charge in [-0.05, 0) is 49.6 Å². The zero-order valence-electron chi connectivity index (χ0n) is 14.4. The first-order valence-electron chi connectivity index (χ1n) is 8.23. The van der Waals surface area contributed by atoms with Crippen LogP contribution in [-0.2, 0) is 14.8 Å². The van der Waals surface area contributed by atoms with Gasteiger partial charge in [-0.3, -0.25) is 4.79 Å². The number of thioether (sulfide) groups is 1. The van der Waals surface area contributed by atoms with Gasteiger partial charge in [-0.15, -0.1) is 24.2 Å². The van der Waals surface area contributed by atoms with Gasteiger partial charge in [0.25, 0.3) is 0 Å². The molecule has 1 amide bonds. The molecular formula is C16H26ClN3O4S2. The van der Waals surface area contributed by atoms with Crippen molar-refractivity contribution in [3.8, 4) is 5.75 Å². The summed E-state index contributed by atoms with van der Waals surface area (Å²) in [5, 5.41) is 8.09. The molecule has 0 radical (unpaired) electrons. The van der Waals surface area contributed by atoms with Gasteiger partial charge < -0.3 is 15.8 Å². The highest BCUT2D eigenvalue weighted by Gasteiger charge is 2.27. The van der Waals surface area contributed by atoms with Gasteiger partial charge in [0, 0.05) is 11.8 Å². The van der Waals surface area contributed by atoms with Gasteiger partial charge in [-0.25, -0.2) is 13.6 Å². The van der Waals surface area contributed by atoms with E-state index >= 15 is 0 Å². The summed E-state index contributed by atoms with van der Waals surface area (Å²) in [5.41, 5.74) is 5.71. The Balaban J connectivity index is 0.00000338. The molecule has 1 aliphatic rings. The Labute approximate surface area is 165 Å². The lowest BCUT2D eigenvalue weighted by Crippen LogP contribution is -2.40. The summed E-state index contributed by atoms with van der Waals surface area (Å²) in [6, 6.07) is 6.14.